The molecule has 0 N–H and O–H groups in total. The Morgan fingerprint density at radius 2 is 1.85 bits per heavy atom. The number of hydrogen-bond donors (Lipinski definition) is 0. The molecule has 2 nitrogen and oxygen atoms in total. The number of hydrogen-bond acceptors (Lipinski definition) is 2. The zero-order chi connectivity index (χ0) is 9.90. The van der Waals surface area contributed by atoms with Crippen molar-refractivity contribution >= 4 is 10.8 Å². The SMILES string of the molecule is CC(C)(C#N)[S@](=O)c1ccccc1. The second-order valence-corrected chi connectivity index (χ2v) is 5.23. The number of rotatable bonds is 2. The second kappa shape index (κ2) is 3.71. The molecule has 0 saturated heterocycles. The van der Waals surface area contributed by atoms with E-state index in [1.165, 1.54) is 0 Å². The van der Waals surface area contributed by atoms with E-state index < -0.39 is 15.5 Å². The van der Waals surface area contributed by atoms with Crippen molar-refractivity contribution in [2.45, 2.75) is 23.5 Å². The van der Waals surface area contributed by atoms with Crippen LogP contribution in [0.25, 0.3) is 0 Å². The lowest BCUT2D eigenvalue weighted by Gasteiger charge is -2.14. The molecule has 0 saturated carbocycles. The summed E-state index contributed by atoms with van der Waals surface area (Å²) in [5, 5.41) is 8.78. The van der Waals surface area contributed by atoms with Gasteiger partial charge in [0, 0.05) is 4.90 Å². The summed E-state index contributed by atoms with van der Waals surface area (Å²) < 4.78 is 11.0. The van der Waals surface area contributed by atoms with Crippen LogP contribution in [0.15, 0.2) is 35.2 Å². The lowest BCUT2D eigenvalue weighted by atomic mass is 10.2. The van der Waals surface area contributed by atoms with Gasteiger partial charge in [0.2, 0.25) is 0 Å². The quantitative estimate of drug-likeness (QED) is 0.721. The van der Waals surface area contributed by atoms with E-state index >= 15 is 0 Å². The van der Waals surface area contributed by atoms with Crippen molar-refractivity contribution in [3.05, 3.63) is 30.3 Å². The highest BCUT2D eigenvalue weighted by Crippen LogP contribution is 2.19. The predicted molar refractivity (Wildman–Crippen MR) is 52.5 cm³/mol. The summed E-state index contributed by atoms with van der Waals surface area (Å²) >= 11 is 0. The van der Waals surface area contributed by atoms with E-state index in [9.17, 15) is 4.21 Å². The monoisotopic (exact) mass is 193 g/mol. The number of nitriles is 1. The molecule has 1 rings (SSSR count). The largest absolute Gasteiger partial charge is 0.253 e. The second-order valence-electron chi connectivity index (χ2n) is 3.20. The van der Waals surface area contributed by atoms with Crippen LogP contribution in [0.3, 0.4) is 0 Å². The van der Waals surface area contributed by atoms with E-state index in [0.717, 1.165) is 0 Å². The summed E-state index contributed by atoms with van der Waals surface area (Å²) in [6, 6.07) is 11.1. The van der Waals surface area contributed by atoms with Crippen LogP contribution >= 0.6 is 0 Å². The Labute approximate surface area is 80.7 Å². The van der Waals surface area contributed by atoms with Crippen molar-refractivity contribution < 1.29 is 4.21 Å². The van der Waals surface area contributed by atoms with Crippen LogP contribution in [0.4, 0.5) is 0 Å². The molecule has 0 amide bonds. The lowest BCUT2D eigenvalue weighted by molar-refractivity contribution is 0.665. The Morgan fingerprint density at radius 1 is 1.31 bits per heavy atom. The Kier molecular flexibility index (Phi) is 2.84. The maximum atomic E-state index is 11.8. The van der Waals surface area contributed by atoms with Crippen molar-refractivity contribution in [2.75, 3.05) is 0 Å². The molecular formula is C10H11NOS. The Bertz CT molecular complexity index is 351. The van der Waals surface area contributed by atoms with E-state index in [0.29, 0.717) is 4.90 Å². The summed E-state index contributed by atoms with van der Waals surface area (Å²) in [5.41, 5.74) is 0. The highest BCUT2D eigenvalue weighted by molar-refractivity contribution is 7.86. The summed E-state index contributed by atoms with van der Waals surface area (Å²) in [7, 11) is -1.25. The summed E-state index contributed by atoms with van der Waals surface area (Å²) in [4.78, 5) is 0.703. The van der Waals surface area contributed by atoms with Gasteiger partial charge in [0.05, 0.1) is 16.9 Å². The molecule has 13 heavy (non-hydrogen) atoms. The van der Waals surface area contributed by atoms with Gasteiger partial charge in [0.15, 0.2) is 0 Å². The van der Waals surface area contributed by atoms with Gasteiger partial charge >= 0.3 is 0 Å². The minimum Gasteiger partial charge on any atom is -0.253 e. The first kappa shape index (κ1) is 9.94. The predicted octanol–water partition coefficient (Wildman–Crippen LogP) is 2.10. The fourth-order valence-electron chi connectivity index (χ4n) is 0.880. The first-order valence-electron chi connectivity index (χ1n) is 3.96. The van der Waals surface area contributed by atoms with Crippen molar-refractivity contribution in [1.82, 2.24) is 0 Å². The Balaban J connectivity index is 3.01. The van der Waals surface area contributed by atoms with Crippen molar-refractivity contribution in [3.8, 4) is 6.07 Å². The van der Waals surface area contributed by atoms with E-state index in [1.807, 2.05) is 24.3 Å². The average Bonchev–Trinajstić information content (AvgIpc) is 2.18. The third kappa shape index (κ3) is 2.16. The molecule has 0 unspecified atom stereocenters. The van der Waals surface area contributed by atoms with Crippen LogP contribution < -0.4 is 0 Å². The van der Waals surface area contributed by atoms with Crippen LogP contribution in [-0.2, 0) is 10.8 Å². The van der Waals surface area contributed by atoms with E-state index in [4.69, 9.17) is 5.26 Å². The average molecular weight is 193 g/mol. The van der Waals surface area contributed by atoms with E-state index in [2.05, 4.69) is 0 Å². The summed E-state index contributed by atoms with van der Waals surface area (Å²) in [5.74, 6) is 0. The van der Waals surface area contributed by atoms with Gasteiger partial charge in [-0.3, -0.25) is 4.21 Å². The highest BCUT2D eigenvalue weighted by atomic mass is 32.2. The van der Waals surface area contributed by atoms with Gasteiger partial charge in [-0.05, 0) is 26.0 Å². The summed E-state index contributed by atoms with van der Waals surface area (Å²) in [6.07, 6.45) is 0. The molecule has 68 valence electrons. The van der Waals surface area contributed by atoms with Gasteiger partial charge in [-0.25, -0.2) is 0 Å². The molecule has 0 fully saturated rings. The van der Waals surface area contributed by atoms with Crippen LogP contribution in [0, 0.1) is 11.3 Å². The fraction of sp³-hybridized carbons (Fsp3) is 0.300. The minimum absolute atomic E-state index is 0.703. The standard InChI is InChI=1S/C10H11NOS/c1-10(2,8-11)13(12)9-6-4-3-5-7-9/h3-7H,1-2H3/t13-/m1/s1. The van der Waals surface area contributed by atoms with Crippen molar-refractivity contribution in [2.24, 2.45) is 0 Å². The smallest absolute Gasteiger partial charge is 0.131 e. The first-order chi connectivity index (χ1) is 6.08. The molecule has 1 aromatic carbocycles. The minimum atomic E-state index is -1.25. The third-order valence-electron chi connectivity index (χ3n) is 1.69. The molecule has 0 aliphatic carbocycles. The molecule has 0 bridgehead atoms. The van der Waals surface area contributed by atoms with Crippen LogP contribution in [0.2, 0.25) is 0 Å². The van der Waals surface area contributed by atoms with Gasteiger partial charge in [-0.2, -0.15) is 5.26 Å². The van der Waals surface area contributed by atoms with Gasteiger partial charge in [0.1, 0.15) is 4.75 Å². The van der Waals surface area contributed by atoms with Crippen molar-refractivity contribution in [1.29, 1.82) is 5.26 Å². The molecule has 0 aliphatic heterocycles. The Morgan fingerprint density at radius 3 is 2.31 bits per heavy atom. The maximum Gasteiger partial charge on any atom is 0.131 e. The number of benzene rings is 1. The van der Waals surface area contributed by atoms with Gasteiger partial charge in [-0.1, -0.05) is 18.2 Å². The molecule has 0 spiro atoms. The molecule has 0 aromatic heterocycles. The van der Waals surface area contributed by atoms with Crippen LogP contribution in [0.1, 0.15) is 13.8 Å². The molecule has 3 heteroatoms. The summed E-state index contributed by atoms with van der Waals surface area (Å²) in [6.45, 7) is 3.35. The number of nitrogens with zero attached hydrogens (tertiary/aromatic N) is 1. The van der Waals surface area contributed by atoms with Gasteiger partial charge in [0.25, 0.3) is 0 Å². The lowest BCUT2D eigenvalue weighted by Crippen LogP contribution is -2.23. The molecule has 0 radical (unpaired) electrons. The molecule has 1 atom stereocenters. The van der Waals surface area contributed by atoms with Gasteiger partial charge < -0.3 is 0 Å². The van der Waals surface area contributed by atoms with Crippen LogP contribution in [-0.4, -0.2) is 8.96 Å². The molecule has 1 aromatic rings. The van der Waals surface area contributed by atoms with Crippen LogP contribution in [0.5, 0.6) is 0 Å². The topological polar surface area (TPSA) is 40.9 Å². The third-order valence-corrected chi connectivity index (χ3v) is 3.41. The first-order valence-corrected chi connectivity index (χ1v) is 5.11. The zero-order valence-corrected chi connectivity index (χ0v) is 8.47. The van der Waals surface area contributed by atoms with E-state index in [1.54, 1.807) is 26.0 Å². The molecular weight excluding hydrogens is 182 g/mol. The molecule has 0 aliphatic rings. The Hall–Kier alpha value is -1.14. The normalized spacial score (nSPS) is 13.3. The van der Waals surface area contributed by atoms with E-state index in [-0.39, 0.29) is 0 Å². The highest BCUT2D eigenvalue weighted by Gasteiger charge is 2.26. The maximum absolute atomic E-state index is 11.8. The van der Waals surface area contributed by atoms with Gasteiger partial charge in [-0.15, -0.1) is 0 Å². The zero-order valence-electron chi connectivity index (χ0n) is 7.65. The van der Waals surface area contributed by atoms with Crippen molar-refractivity contribution in [3.63, 3.8) is 0 Å². The fourth-order valence-corrected chi connectivity index (χ4v) is 1.96. The molecule has 0 heterocycles.